The molecule has 1 unspecified atom stereocenters. The topological polar surface area (TPSA) is 118 Å². The van der Waals surface area contributed by atoms with E-state index in [1.807, 2.05) is 0 Å². The minimum Gasteiger partial charge on any atom is -0.480 e. The van der Waals surface area contributed by atoms with Crippen molar-refractivity contribution in [1.82, 2.24) is 4.31 Å². The maximum absolute atomic E-state index is 13.8. The number of nitrogens with zero attached hydrogens (tertiary/aromatic N) is 2. The molecule has 0 aliphatic carbocycles. The van der Waals surface area contributed by atoms with Crippen LogP contribution in [0, 0.1) is 22.9 Å². The second-order valence-corrected chi connectivity index (χ2v) is 6.81. The van der Waals surface area contributed by atoms with E-state index < -0.39 is 43.4 Å². The van der Waals surface area contributed by atoms with Crippen molar-refractivity contribution in [3.8, 4) is 0 Å². The average molecular weight is 332 g/mol. The van der Waals surface area contributed by atoms with Crippen molar-refractivity contribution in [2.75, 3.05) is 6.54 Å². The smallest absolute Gasteiger partial charge is 0.322 e. The van der Waals surface area contributed by atoms with E-state index in [9.17, 15) is 27.7 Å². The molecule has 1 heterocycles. The first-order valence-electron chi connectivity index (χ1n) is 6.35. The predicted molar refractivity (Wildman–Crippen MR) is 72.3 cm³/mol. The van der Waals surface area contributed by atoms with Gasteiger partial charge in [0.2, 0.25) is 10.0 Å². The molecule has 0 saturated carbocycles. The van der Waals surface area contributed by atoms with Gasteiger partial charge >= 0.3 is 5.97 Å². The van der Waals surface area contributed by atoms with Crippen LogP contribution in [0.3, 0.4) is 0 Å². The summed E-state index contributed by atoms with van der Waals surface area (Å²) in [5.74, 6) is -2.33. The number of carbonyl (C=O) groups is 1. The van der Waals surface area contributed by atoms with Crippen LogP contribution in [-0.2, 0) is 14.8 Å². The number of sulfonamides is 1. The van der Waals surface area contributed by atoms with E-state index in [4.69, 9.17) is 5.11 Å². The van der Waals surface area contributed by atoms with Crippen LogP contribution in [-0.4, -0.2) is 41.3 Å². The monoisotopic (exact) mass is 332 g/mol. The zero-order chi connectivity index (χ0) is 16.7. The highest BCUT2D eigenvalue weighted by Gasteiger charge is 2.40. The molecular formula is C12H13FN2O6S. The number of carboxylic acid groups (broad SMARTS) is 1. The number of carboxylic acids is 1. The molecule has 0 spiro atoms. The minimum absolute atomic E-state index is 0.0252. The molecule has 0 radical (unpaired) electrons. The number of nitro benzene ring substituents is 1. The van der Waals surface area contributed by atoms with Crippen molar-refractivity contribution in [1.29, 1.82) is 0 Å². The second kappa shape index (κ2) is 5.61. The second-order valence-electron chi connectivity index (χ2n) is 4.92. The summed E-state index contributed by atoms with van der Waals surface area (Å²) in [5.41, 5.74) is -0.940. The van der Waals surface area contributed by atoms with Crippen molar-refractivity contribution in [2.24, 2.45) is 0 Å². The molecule has 1 fully saturated rings. The van der Waals surface area contributed by atoms with E-state index in [0.717, 1.165) is 10.4 Å². The molecule has 1 saturated heterocycles. The summed E-state index contributed by atoms with van der Waals surface area (Å²) in [4.78, 5) is 20.5. The third-order valence-corrected chi connectivity index (χ3v) is 5.47. The van der Waals surface area contributed by atoms with Gasteiger partial charge in [0.1, 0.15) is 11.9 Å². The Bertz CT molecular complexity index is 748. The van der Waals surface area contributed by atoms with Crippen molar-refractivity contribution in [2.45, 2.75) is 30.7 Å². The number of benzene rings is 1. The molecule has 0 aromatic heterocycles. The molecule has 120 valence electrons. The summed E-state index contributed by atoms with van der Waals surface area (Å²) in [6, 6.07) is 0.188. The van der Waals surface area contributed by atoms with E-state index in [0.29, 0.717) is 12.5 Å². The van der Waals surface area contributed by atoms with Gasteiger partial charge in [-0.1, -0.05) is 0 Å². The highest BCUT2D eigenvalue weighted by molar-refractivity contribution is 7.89. The van der Waals surface area contributed by atoms with Crippen LogP contribution < -0.4 is 0 Å². The van der Waals surface area contributed by atoms with Gasteiger partial charge in [-0.05, 0) is 25.8 Å². The Kier molecular flexibility index (Phi) is 4.16. The van der Waals surface area contributed by atoms with Gasteiger partial charge in [-0.15, -0.1) is 0 Å². The third kappa shape index (κ3) is 2.66. The molecule has 22 heavy (non-hydrogen) atoms. The van der Waals surface area contributed by atoms with E-state index in [2.05, 4.69) is 0 Å². The largest absolute Gasteiger partial charge is 0.480 e. The molecule has 1 aliphatic heterocycles. The highest BCUT2D eigenvalue weighted by atomic mass is 32.2. The van der Waals surface area contributed by atoms with Crippen LogP contribution >= 0.6 is 0 Å². The Labute approximate surface area is 125 Å². The molecule has 1 atom stereocenters. The van der Waals surface area contributed by atoms with Crippen molar-refractivity contribution >= 4 is 21.7 Å². The average Bonchev–Trinajstić information content (AvgIpc) is 2.91. The van der Waals surface area contributed by atoms with Crippen molar-refractivity contribution < 1.29 is 27.6 Å². The maximum Gasteiger partial charge on any atom is 0.322 e. The van der Waals surface area contributed by atoms with Gasteiger partial charge in [-0.2, -0.15) is 4.31 Å². The van der Waals surface area contributed by atoms with E-state index in [1.165, 1.54) is 6.92 Å². The number of hydrogen-bond donors (Lipinski definition) is 1. The summed E-state index contributed by atoms with van der Waals surface area (Å²) in [6.07, 6.45) is 0.498. The van der Waals surface area contributed by atoms with Gasteiger partial charge in [-0.3, -0.25) is 14.9 Å². The molecule has 1 aliphatic rings. The molecule has 1 aromatic rings. The van der Waals surface area contributed by atoms with Crippen LogP contribution in [0.5, 0.6) is 0 Å². The number of hydrogen-bond acceptors (Lipinski definition) is 5. The van der Waals surface area contributed by atoms with Gasteiger partial charge < -0.3 is 5.11 Å². The summed E-state index contributed by atoms with van der Waals surface area (Å²) in [5, 5.41) is 19.9. The summed E-state index contributed by atoms with van der Waals surface area (Å²) in [7, 11) is -4.32. The Morgan fingerprint density at radius 2 is 2.14 bits per heavy atom. The summed E-state index contributed by atoms with van der Waals surface area (Å²) >= 11 is 0. The molecule has 1 N–H and O–H groups in total. The van der Waals surface area contributed by atoms with Gasteiger partial charge in [0.25, 0.3) is 5.69 Å². The zero-order valence-electron chi connectivity index (χ0n) is 11.5. The standard InChI is InChI=1S/C12H13FN2O6S/c1-7-9(13)5-8(6-11(7)15(18)19)22(20,21)14-4-2-3-10(14)12(16)17/h5-6,10H,2-4H2,1H3,(H,16,17). The molecule has 8 nitrogen and oxygen atoms in total. The fourth-order valence-electron chi connectivity index (χ4n) is 2.39. The SMILES string of the molecule is Cc1c(F)cc(S(=O)(=O)N2CCCC2C(=O)O)cc1[N+](=O)[O-]. The van der Waals surface area contributed by atoms with Gasteiger partial charge in [0, 0.05) is 12.6 Å². The third-order valence-electron chi connectivity index (χ3n) is 3.58. The number of rotatable bonds is 4. The van der Waals surface area contributed by atoms with E-state index >= 15 is 0 Å². The molecule has 1 aromatic carbocycles. The minimum atomic E-state index is -4.32. The molecule has 0 bridgehead atoms. The van der Waals surface area contributed by atoms with Crippen LogP contribution in [0.2, 0.25) is 0 Å². The number of halogens is 1. The maximum atomic E-state index is 13.8. The first-order valence-corrected chi connectivity index (χ1v) is 7.79. The lowest BCUT2D eigenvalue weighted by atomic mass is 10.2. The summed E-state index contributed by atoms with van der Waals surface area (Å²) < 4.78 is 39.4. The van der Waals surface area contributed by atoms with E-state index in [1.54, 1.807) is 0 Å². The number of aliphatic carboxylic acids is 1. The van der Waals surface area contributed by atoms with Crippen molar-refractivity contribution in [3.63, 3.8) is 0 Å². The zero-order valence-corrected chi connectivity index (χ0v) is 12.3. The highest BCUT2D eigenvalue weighted by Crippen LogP contribution is 2.30. The Hall–Kier alpha value is -2.07. The van der Waals surface area contributed by atoms with Crippen LogP contribution in [0.15, 0.2) is 17.0 Å². The fourth-order valence-corrected chi connectivity index (χ4v) is 4.07. The fraction of sp³-hybridized carbons (Fsp3) is 0.417. The molecule has 0 amide bonds. The normalized spacial score (nSPS) is 19.3. The van der Waals surface area contributed by atoms with Crippen LogP contribution in [0.25, 0.3) is 0 Å². The van der Waals surface area contributed by atoms with Gasteiger partial charge in [-0.25, -0.2) is 12.8 Å². The first-order chi connectivity index (χ1) is 10.2. The van der Waals surface area contributed by atoms with Crippen LogP contribution in [0.4, 0.5) is 10.1 Å². The number of nitro groups is 1. The molecule has 10 heteroatoms. The molecule has 2 rings (SSSR count). The lowest BCUT2D eigenvalue weighted by Gasteiger charge is -2.21. The first kappa shape index (κ1) is 16.3. The lowest BCUT2D eigenvalue weighted by Crippen LogP contribution is -2.40. The van der Waals surface area contributed by atoms with Gasteiger partial charge in [0.15, 0.2) is 0 Å². The quantitative estimate of drug-likeness (QED) is 0.655. The Balaban J connectivity index is 2.55. The predicted octanol–water partition coefficient (Wildman–Crippen LogP) is 1.28. The Morgan fingerprint density at radius 1 is 1.50 bits per heavy atom. The Morgan fingerprint density at radius 3 is 2.68 bits per heavy atom. The van der Waals surface area contributed by atoms with E-state index in [-0.39, 0.29) is 18.5 Å². The summed E-state index contributed by atoms with van der Waals surface area (Å²) in [6.45, 7) is 1.14. The molecular weight excluding hydrogens is 319 g/mol. The lowest BCUT2D eigenvalue weighted by molar-refractivity contribution is -0.385. The van der Waals surface area contributed by atoms with Gasteiger partial charge in [0.05, 0.1) is 15.4 Å². The van der Waals surface area contributed by atoms with Crippen molar-refractivity contribution in [3.05, 3.63) is 33.6 Å². The van der Waals surface area contributed by atoms with Crippen LogP contribution in [0.1, 0.15) is 18.4 Å².